The highest BCUT2D eigenvalue weighted by atomic mass is 32.2. The Hall–Kier alpha value is -4.37. The minimum Gasteiger partial charge on any atom is -0.494 e. The highest BCUT2D eigenvalue weighted by Crippen LogP contribution is 2.31. The van der Waals surface area contributed by atoms with Gasteiger partial charge in [-0.15, -0.1) is 0 Å². The number of aliphatic carboxylic acids is 1. The lowest BCUT2D eigenvalue weighted by Crippen LogP contribution is -2.59. The largest absolute Gasteiger partial charge is 0.494 e. The Morgan fingerprint density at radius 2 is 1.43 bits per heavy atom. The molecule has 0 bridgehead atoms. The van der Waals surface area contributed by atoms with Crippen molar-refractivity contribution < 1.29 is 56.5 Å². The number of benzene rings is 1. The molecule has 9 atom stereocenters. The van der Waals surface area contributed by atoms with Crippen LogP contribution in [0.5, 0.6) is 5.75 Å². The number of piperidine rings is 1. The fourth-order valence-corrected chi connectivity index (χ4v) is 12.3. The number of nitrogens with one attached hydrogen (secondary N) is 3. The van der Waals surface area contributed by atoms with E-state index >= 15 is 0 Å². The number of unbranched alkanes of at least 4 members (excludes halogenated alkanes) is 3. The van der Waals surface area contributed by atoms with Crippen LogP contribution in [0.15, 0.2) is 24.3 Å². The van der Waals surface area contributed by atoms with Gasteiger partial charge in [-0.3, -0.25) is 38.4 Å². The van der Waals surface area contributed by atoms with Crippen molar-refractivity contribution in [1.82, 2.24) is 35.0 Å². The molecule has 4 N–H and O–H groups in total. The molecule has 9 unspecified atom stereocenters. The van der Waals surface area contributed by atoms with Crippen LogP contribution in [-0.2, 0) is 54.7 Å². The molecule has 2 heterocycles. The summed E-state index contributed by atoms with van der Waals surface area (Å²) in [5, 5.41) is 14.4. The minimum absolute atomic E-state index is 0.00400. The van der Waals surface area contributed by atoms with Crippen LogP contribution < -0.4 is 20.1 Å². The molecular weight excluding hydrogens is 983 g/mol. The Morgan fingerprint density at radius 3 is 1.97 bits per heavy atom. The van der Waals surface area contributed by atoms with Crippen LogP contribution >= 0.6 is 0 Å². The number of likely N-dealkylation sites (tertiary alicyclic amines) is 2. The van der Waals surface area contributed by atoms with Crippen molar-refractivity contribution in [1.29, 1.82) is 0 Å². The lowest BCUT2D eigenvalue weighted by molar-refractivity contribution is -0.148. The highest BCUT2D eigenvalue weighted by Gasteiger charge is 2.44. The number of hydrogen-bond donors (Lipinski definition) is 4. The Kier molecular flexibility index (Phi) is 25.2. The molecule has 1 aromatic rings. The van der Waals surface area contributed by atoms with Gasteiger partial charge in [-0.25, -0.2) is 8.42 Å². The number of likely N-dealkylation sites (N-methyl/N-ethyl adjacent to an activating group) is 2. The van der Waals surface area contributed by atoms with Crippen LogP contribution in [0.4, 0.5) is 0 Å². The zero-order valence-electron chi connectivity index (χ0n) is 47.2. The second-order valence-corrected chi connectivity index (χ2v) is 24.3. The summed E-state index contributed by atoms with van der Waals surface area (Å²) in [5.41, 5.74) is 0.673. The van der Waals surface area contributed by atoms with E-state index in [1.165, 1.54) is 14.2 Å². The molecule has 0 spiro atoms. The van der Waals surface area contributed by atoms with Crippen molar-refractivity contribution in [2.75, 3.05) is 68.1 Å². The van der Waals surface area contributed by atoms with Crippen molar-refractivity contribution in [3.05, 3.63) is 29.8 Å². The van der Waals surface area contributed by atoms with Gasteiger partial charge in [-0.1, -0.05) is 79.9 Å². The van der Waals surface area contributed by atoms with Gasteiger partial charge >= 0.3 is 5.97 Å². The predicted molar refractivity (Wildman–Crippen MR) is 288 cm³/mol. The third kappa shape index (κ3) is 18.4. The van der Waals surface area contributed by atoms with Crippen LogP contribution in [0.25, 0.3) is 0 Å². The minimum atomic E-state index is -3.94. The summed E-state index contributed by atoms with van der Waals surface area (Å²) in [6.45, 7) is 17.0. The summed E-state index contributed by atoms with van der Waals surface area (Å²) in [4.78, 5) is 89.3. The van der Waals surface area contributed by atoms with Crippen molar-refractivity contribution in [2.45, 2.75) is 180 Å². The van der Waals surface area contributed by atoms with E-state index in [4.69, 9.17) is 14.2 Å². The van der Waals surface area contributed by atoms with E-state index in [-0.39, 0.29) is 54.2 Å². The molecule has 0 radical (unpaired) electrons. The summed E-state index contributed by atoms with van der Waals surface area (Å²) in [5.74, 6) is -3.61. The molecule has 75 heavy (non-hydrogen) atoms. The van der Waals surface area contributed by atoms with Crippen LogP contribution in [0.3, 0.4) is 0 Å². The second-order valence-electron chi connectivity index (χ2n) is 22.3. The molecule has 3 fully saturated rings. The molecule has 1 aliphatic carbocycles. The maximum absolute atomic E-state index is 14.5. The van der Waals surface area contributed by atoms with Crippen molar-refractivity contribution >= 4 is 45.5 Å². The molecule has 20 heteroatoms. The lowest BCUT2D eigenvalue weighted by atomic mass is 9.89. The number of carboxylic acids is 1. The number of sulfonamides is 1. The van der Waals surface area contributed by atoms with E-state index in [9.17, 15) is 42.3 Å². The smallest absolute Gasteiger partial charge is 0.306 e. The number of ether oxygens (including phenoxy) is 3. The Labute approximate surface area is 448 Å². The first-order chi connectivity index (χ1) is 35.4. The van der Waals surface area contributed by atoms with Gasteiger partial charge in [0.1, 0.15) is 17.8 Å². The summed E-state index contributed by atoms with van der Waals surface area (Å²) in [6.07, 6.45) is 6.57. The van der Waals surface area contributed by atoms with Crippen LogP contribution in [-0.4, -0.2) is 184 Å². The van der Waals surface area contributed by atoms with Crippen molar-refractivity contribution in [3.8, 4) is 5.75 Å². The van der Waals surface area contributed by atoms with E-state index in [1.54, 1.807) is 48.0 Å². The predicted octanol–water partition coefficient (Wildman–Crippen LogP) is 4.71. The highest BCUT2D eigenvalue weighted by molar-refractivity contribution is 7.90. The lowest BCUT2D eigenvalue weighted by Gasteiger charge is -2.41. The van der Waals surface area contributed by atoms with Gasteiger partial charge in [-0.05, 0) is 121 Å². The number of amides is 5. The van der Waals surface area contributed by atoms with E-state index < -0.39 is 81.4 Å². The monoisotopic (exact) mass is 1080 g/mol. The number of carboxylic acid groups (broad SMARTS) is 1. The standard InChI is InChI=1S/C55H93N7O12S/c1-13-37(6)49(60(10)54(67)47(35(2)3)57-53(66)48(36(4)5)59(8)9)45(72-11)34-46(63)62-29-18-19-44(62)50(73-12)38(7)51(64)56-43(52(65)58-75(70,71)42-24-25-42)33-39-20-22-41(23-21-39)74-32-17-15-14-16-28-61-30-26-40(27-31-61)55(68)69/h20-23,35-38,40,42-45,47-50H,13-19,24-34H2,1-12H3,(H,56,64)(H,57,66)(H,58,65)(H,68,69). The summed E-state index contributed by atoms with van der Waals surface area (Å²) < 4.78 is 46.2. The van der Waals surface area contributed by atoms with Crippen LogP contribution in [0.1, 0.15) is 131 Å². The van der Waals surface area contributed by atoms with Gasteiger partial charge in [0.05, 0.1) is 60.4 Å². The number of methoxy groups -OCH3 is 2. The Morgan fingerprint density at radius 1 is 0.787 bits per heavy atom. The fourth-order valence-electron chi connectivity index (χ4n) is 10.9. The molecule has 2 aliphatic heterocycles. The number of carbonyl (C=O) groups excluding carboxylic acids is 5. The second kappa shape index (κ2) is 30.0. The molecule has 3 aliphatic rings. The topological polar surface area (TPSA) is 234 Å². The first-order valence-electron chi connectivity index (χ1n) is 27.6. The van der Waals surface area contributed by atoms with E-state index in [1.807, 2.05) is 60.5 Å². The first-order valence-corrected chi connectivity index (χ1v) is 29.1. The number of rotatable bonds is 32. The molecule has 1 aromatic carbocycles. The first kappa shape index (κ1) is 63.2. The van der Waals surface area contributed by atoms with Gasteiger partial charge in [0.15, 0.2) is 0 Å². The van der Waals surface area contributed by atoms with Gasteiger partial charge in [-0.2, -0.15) is 0 Å². The average molecular weight is 1080 g/mol. The average Bonchev–Trinajstić information content (AvgIpc) is 4.13. The zero-order chi connectivity index (χ0) is 55.7. The molecule has 0 aromatic heterocycles. The number of hydrogen-bond acceptors (Lipinski definition) is 13. The quantitative estimate of drug-likeness (QED) is 0.0717. The third-order valence-corrected chi connectivity index (χ3v) is 17.6. The summed E-state index contributed by atoms with van der Waals surface area (Å²) >= 11 is 0. The molecule has 4 rings (SSSR count). The molecular formula is C55H93N7O12S. The molecule has 1 saturated carbocycles. The van der Waals surface area contributed by atoms with Crippen molar-refractivity contribution in [3.63, 3.8) is 0 Å². The maximum Gasteiger partial charge on any atom is 0.306 e. The van der Waals surface area contributed by atoms with Gasteiger partial charge in [0, 0.05) is 34.2 Å². The third-order valence-electron chi connectivity index (χ3n) is 15.7. The molecule has 5 amide bonds. The molecule has 2 saturated heterocycles. The van der Waals surface area contributed by atoms with E-state index in [0.29, 0.717) is 69.4 Å². The van der Waals surface area contributed by atoms with Crippen LogP contribution in [0.2, 0.25) is 0 Å². The zero-order valence-corrected chi connectivity index (χ0v) is 48.0. The van der Waals surface area contributed by atoms with Gasteiger partial charge < -0.3 is 44.7 Å². The van der Waals surface area contributed by atoms with Gasteiger partial charge in [0.2, 0.25) is 33.7 Å². The maximum atomic E-state index is 14.5. The van der Waals surface area contributed by atoms with Crippen molar-refractivity contribution in [2.24, 2.45) is 29.6 Å². The SMILES string of the molecule is CCC(C)C(C(CC(=O)N1CCCC1C(OC)C(C)C(=O)NC(Cc1ccc(OCCCCCCN2CCC(C(=O)O)CC2)cc1)C(=O)NS(=O)(=O)C1CC1)OC)N(C)C(=O)C(NC(=O)C(C(C)C)N(C)C)C(C)C. The van der Waals surface area contributed by atoms with Crippen LogP contribution in [0, 0.1) is 29.6 Å². The van der Waals surface area contributed by atoms with E-state index in [0.717, 1.165) is 45.3 Å². The van der Waals surface area contributed by atoms with Gasteiger partial charge in [0.25, 0.3) is 5.91 Å². The normalized spacial score (nSPS) is 19.9. The number of nitrogens with zero attached hydrogens (tertiary/aromatic N) is 4. The molecule has 426 valence electrons. The fraction of sp³-hybridized carbons (Fsp3) is 0.782. The molecule has 19 nitrogen and oxygen atoms in total. The van der Waals surface area contributed by atoms with E-state index in [2.05, 4.69) is 20.3 Å². The summed E-state index contributed by atoms with van der Waals surface area (Å²) in [7, 11) is 4.45. The number of carbonyl (C=O) groups is 6. The summed E-state index contributed by atoms with van der Waals surface area (Å²) in [6, 6.07) is 3.60. The Bertz CT molecular complexity index is 2110. The Balaban J connectivity index is 1.40.